The molecule has 29 heavy (non-hydrogen) atoms. The average Bonchev–Trinajstić information content (AvgIpc) is 2.98. The molecule has 5 nitrogen and oxygen atoms in total. The van der Waals surface area contributed by atoms with Gasteiger partial charge in [0, 0.05) is 0 Å². The minimum atomic E-state index is -0.328. The van der Waals surface area contributed by atoms with Gasteiger partial charge in [0.2, 0.25) is 11.8 Å². The molecule has 2 aromatic carbocycles. The normalized spacial score (nSPS) is 22.1. The minimum Gasteiger partial charge on any atom is -0.345 e. The van der Waals surface area contributed by atoms with Crippen molar-refractivity contribution < 1.29 is 14.4 Å². The Kier molecular flexibility index (Phi) is 5.05. The van der Waals surface area contributed by atoms with Crippen LogP contribution in [0.2, 0.25) is 0 Å². The van der Waals surface area contributed by atoms with E-state index in [0.29, 0.717) is 24.1 Å². The summed E-state index contributed by atoms with van der Waals surface area (Å²) < 4.78 is 0. The van der Waals surface area contributed by atoms with E-state index in [1.54, 1.807) is 24.3 Å². The number of nitrogens with one attached hydrogen (secondary N) is 1. The number of imide groups is 1. The number of allylic oxidation sites excluding steroid dienone is 2. The quantitative estimate of drug-likeness (QED) is 0.635. The van der Waals surface area contributed by atoms with E-state index < -0.39 is 0 Å². The molecule has 0 aromatic heterocycles. The van der Waals surface area contributed by atoms with Crippen molar-refractivity contribution in [2.45, 2.75) is 32.7 Å². The van der Waals surface area contributed by atoms with Gasteiger partial charge in [-0.3, -0.25) is 14.4 Å². The molecule has 1 aliphatic heterocycles. The standard InChI is InChI=1S/C24H24N2O3/c1-15-12-13-18-20(14-15)24(29)26(23(18)28)21-11-7-6-10-19(21)22(27)25-16(2)17-8-4-3-5-9-17/h3-12,16,18,20H,13-14H2,1-2H3,(H,25,27)/t16-,18+,20-/m1/s1. The summed E-state index contributed by atoms with van der Waals surface area (Å²) in [6, 6.07) is 16.3. The molecule has 0 saturated carbocycles. The second-order valence-electron chi connectivity index (χ2n) is 7.84. The molecule has 1 N–H and O–H groups in total. The number of carbonyl (C=O) groups is 3. The van der Waals surface area contributed by atoms with Crippen LogP contribution in [0.25, 0.3) is 0 Å². The van der Waals surface area contributed by atoms with Gasteiger partial charge in [-0.05, 0) is 44.4 Å². The minimum absolute atomic E-state index is 0.198. The molecule has 1 fully saturated rings. The number of nitrogens with zero attached hydrogens (tertiary/aromatic N) is 1. The first-order valence-corrected chi connectivity index (χ1v) is 9.95. The molecule has 1 saturated heterocycles. The maximum Gasteiger partial charge on any atom is 0.253 e. The van der Waals surface area contributed by atoms with E-state index in [0.717, 1.165) is 11.1 Å². The van der Waals surface area contributed by atoms with Gasteiger partial charge in [-0.25, -0.2) is 4.90 Å². The van der Waals surface area contributed by atoms with Crippen molar-refractivity contribution in [2.24, 2.45) is 11.8 Å². The highest BCUT2D eigenvalue weighted by atomic mass is 16.2. The van der Waals surface area contributed by atoms with Gasteiger partial charge in [0.1, 0.15) is 0 Å². The largest absolute Gasteiger partial charge is 0.345 e. The lowest BCUT2D eigenvalue weighted by Crippen LogP contribution is -2.34. The van der Waals surface area contributed by atoms with E-state index in [4.69, 9.17) is 0 Å². The van der Waals surface area contributed by atoms with Crippen LogP contribution in [-0.4, -0.2) is 17.7 Å². The predicted octanol–water partition coefficient (Wildman–Crippen LogP) is 4.02. The molecule has 0 bridgehead atoms. The van der Waals surface area contributed by atoms with Crippen LogP contribution >= 0.6 is 0 Å². The van der Waals surface area contributed by atoms with E-state index in [-0.39, 0.29) is 35.6 Å². The summed E-state index contributed by atoms with van der Waals surface area (Å²) in [5, 5.41) is 2.98. The molecule has 0 unspecified atom stereocenters. The molecule has 4 rings (SSSR count). The Labute approximate surface area is 170 Å². The first-order chi connectivity index (χ1) is 14.0. The predicted molar refractivity (Wildman–Crippen MR) is 111 cm³/mol. The molecule has 0 spiro atoms. The summed E-state index contributed by atoms with van der Waals surface area (Å²) >= 11 is 0. The summed E-state index contributed by atoms with van der Waals surface area (Å²) in [5.74, 6) is -1.37. The lowest BCUT2D eigenvalue weighted by atomic mass is 9.82. The van der Waals surface area contributed by atoms with Crippen LogP contribution in [0.1, 0.15) is 48.7 Å². The summed E-state index contributed by atoms with van der Waals surface area (Å²) in [5.41, 5.74) is 2.82. The molecule has 1 aliphatic carbocycles. The maximum absolute atomic E-state index is 13.1. The van der Waals surface area contributed by atoms with Crippen molar-refractivity contribution in [1.82, 2.24) is 5.32 Å². The van der Waals surface area contributed by atoms with E-state index in [2.05, 4.69) is 5.32 Å². The molecule has 3 amide bonds. The Morgan fingerprint density at radius 2 is 1.66 bits per heavy atom. The van der Waals surface area contributed by atoms with E-state index in [1.807, 2.05) is 50.3 Å². The van der Waals surface area contributed by atoms with Gasteiger partial charge < -0.3 is 5.32 Å². The van der Waals surface area contributed by atoms with Gasteiger partial charge >= 0.3 is 0 Å². The first-order valence-electron chi connectivity index (χ1n) is 9.95. The zero-order valence-corrected chi connectivity index (χ0v) is 16.6. The molecule has 148 valence electrons. The Bertz CT molecular complexity index is 996. The summed E-state index contributed by atoms with van der Waals surface area (Å²) in [7, 11) is 0. The number of benzene rings is 2. The van der Waals surface area contributed by atoms with E-state index >= 15 is 0 Å². The van der Waals surface area contributed by atoms with Crippen LogP contribution in [-0.2, 0) is 9.59 Å². The number of hydrogen-bond acceptors (Lipinski definition) is 3. The SMILES string of the molecule is CC1=CC[C@@H]2C(=O)N(c3ccccc3C(=O)N[C@H](C)c3ccccc3)C(=O)[C@@H]2C1. The number of anilines is 1. The summed E-state index contributed by atoms with van der Waals surface area (Å²) in [6.45, 7) is 3.90. The van der Waals surface area contributed by atoms with Crippen LogP contribution in [0.5, 0.6) is 0 Å². The smallest absolute Gasteiger partial charge is 0.253 e. The number of hydrogen-bond donors (Lipinski definition) is 1. The third kappa shape index (κ3) is 3.48. The Morgan fingerprint density at radius 1 is 1.00 bits per heavy atom. The molecule has 2 aromatic rings. The first kappa shape index (κ1) is 19.1. The van der Waals surface area contributed by atoms with Crippen molar-refractivity contribution >= 4 is 23.4 Å². The van der Waals surface area contributed by atoms with Gasteiger partial charge in [0.25, 0.3) is 5.91 Å². The second-order valence-corrected chi connectivity index (χ2v) is 7.84. The molecule has 5 heteroatoms. The van der Waals surface area contributed by atoms with Gasteiger partial charge in [0.15, 0.2) is 0 Å². The third-order valence-corrected chi connectivity index (χ3v) is 5.86. The fourth-order valence-corrected chi connectivity index (χ4v) is 4.23. The van der Waals surface area contributed by atoms with E-state index in [1.165, 1.54) is 4.90 Å². The summed E-state index contributed by atoms with van der Waals surface area (Å²) in [4.78, 5) is 40.3. The maximum atomic E-state index is 13.1. The average molecular weight is 388 g/mol. The Hall–Kier alpha value is -3.21. The summed E-state index contributed by atoms with van der Waals surface area (Å²) in [6.07, 6.45) is 3.22. The van der Waals surface area contributed by atoms with E-state index in [9.17, 15) is 14.4 Å². The lowest BCUT2D eigenvalue weighted by molar-refractivity contribution is -0.122. The van der Waals surface area contributed by atoms with Crippen LogP contribution in [0, 0.1) is 11.8 Å². The van der Waals surface area contributed by atoms with Crippen molar-refractivity contribution in [3.8, 4) is 0 Å². The van der Waals surface area contributed by atoms with Crippen LogP contribution in [0.3, 0.4) is 0 Å². The van der Waals surface area contributed by atoms with Gasteiger partial charge in [-0.2, -0.15) is 0 Å². The molecule has 0 radical (unpaired) electrons. The highest BCUT2D eigenvalue weighted by Gasteiger charge is 2.49. The highest BCUT2D eigenvalue weighted by Crippen LogP contribution is 2.40. The highest BCUT2D eigenvalue weighted by molar-refractivity contribution is 6.24. The van der Waals surface area contributed by atoms with Gasteiger partial charge in [-0.15, -0.1) is 0 Å². The Morgan fingerprint density at radius 3 is 2.41 bits per heavy atom. The number of rotatable bonds is 4. The monoisotopic (exact) mass is 388 g/mol. The fraction of sp³-hybridized carbons (Fsp3) is 0.292. The fourth-order valence-electron chi connectivity index (χ4n) is 4.23. The van der Waals surface area contributed by atoms with Crippen LogP contribution in [0.15, 0.2) is 66.2 Å². The van der Waals surface area contributed by atoms with Crippen molar-refractivity contribution in [1.29, 1.82) is 0 Å². The molecular formula is C24H24N2O3. The lowest BCUT2D eigenvalue weighted by Gasteiger charge is -2.20. The van der Waals surface area contributed by atoms with Gasteiger partial charge in [-0.1, -0.05) is 54.1 Å². The second kappa shape index (κ2) is 7.66. The molecule has 1 heterocycles. The number of para-hydroxylation sites is 1. The Balaban J connectivity index is 1.61. The number of amides is 3. The van der Waals surface area contributed by atoms with Crippen LogP contribution < -0.4 is 10.2 Å². The number of carbonyl (C=O) groups excluding carboxylic acids is 3. The van der Waals surface area contributed by atoms with Crippen molar-refractivity contribution in [2.75, 3.05) is 4.90 Å². The molecule has 2 aliphatic rings. The van der Waals surface area contributed by atoms with Gasteiger partial charge in [0.05, 0.1) is 29.1 Å². The number of fused-ring (bicyclic) bond motifs is 1. The van der Waals surface area contributed by atoms with Crippen molar-refractivity contribution in [3.63, 3.8) is 0 Å². The van der Waals surface area contributed by atoms with Crippen LogP contribution in [0.4, 0.5) is 5.69 Å². The van der Waals surface area contributed by atoms with Crippen molar-refractivity contribution in [3.05, 3.63) is 77.4 Å². The zero-order valence-electron chi connectivity index (χ0n) is 16.6. The molecule has 3 atom stereocenters. The third-order valence-electron chi connectivity index (χ3n) is 5.86. The molecular weight excluding hydrogens is 364 g/mol. The topological polar surface area (TPSA) is 66.5 Å². The zero-order chi connectivity index (χ0) is 20.5.